The number of carbonyl (C=O) groups is 1. The maximum absolute atomic E-state index is 11.8. The number of amides is 1. The van der Waals surface area contributed by atoms with Crippen LogP contribution < -0.4 is 5.32 Å². The molecule has 1 amide bonds. The first-order chi connectivity index (χ1) is 19.3. The lowest BCUT2D eigenvalue weighted by molar-refractivity contribution is -0.288. The van der Waals surface area contributed by atoms with Gasteiger partial charge in [-0.05, 0) is 24.8 Å². The Morgan fingerprint density at radius 1 is 0.625 bits per heavy atom. The van der Waals surface area contributed by atoms with Gasteiger partial charge in [0.1, 0.15) is 13.2 Å². The van der Waals surface area contributed by atoms with Crippen molar-refractivity contribution in [2.75, 3.05) is 39.2 Å². The summed E-state index contributed by atoms with van der Waals surface area (Å²) in [6.45, 7) is 7.72. The quantitative estimate of drug-likeness (QED) is 0.0284. The van der Waals surface area contributed by atoms with Crippen LogP contribution in [0.3, 0.4) is 0 Å². The monoisotopic (exact) mass is 591 g/mol. The topological polar surface area (TPSA) is 100 Å². The highest BCUT2D eigenvalue weighted by Gasteiger charge is 2.04. The summed E-state index contributed by atoms with van der Waals surface area (Å²) in [5, 5.41) is 2.79. The molecule has 9 heteroatoms. The van der Waals surface area contributed by atoms with Crippen molar-refractivity contribution >= 4 is 16.2 Å². The fourth-order valence-corrected chi connectivity index (χ4v) is 4.73. The van der Waals surface area contributed by atoms with Gasteiger partial charge in [0.15, 0.2) is 0 Å². The molecule has 0 atom stereocenters. The van der Waals surface area contributed by atoms with Crippen LogP contribution in [-0.4, -0.2) is 53.7 Å². The predicted octanol–water partition coefficient (Wildman–Crippen LogP) is 8.41. The molecule has 0 saturated heterocycles. The zero-order valence-electron chi connectivity index (χ0n) is 25.9. The number of carbonyl (C=O) groups excluding carboxylic acids is 1. The Bertz CT molecular complexity index is 685. The third kappa shape index (κ3) is 33.0. The summed E-state index contributed by atoms with van der Waals surface area (Å²) in [7, 11) is -3.34. The van der Waals surface area contributed by atoms with Crippen molar-refractivity contribution in [2.24, 2.45) is 0 Å². The van der Waals surface area contributed by atoms with E-state index in [1.54, 1.807) is 0 Å². The summed E-state index contributed by atoms with van der Waals surface area (Å²) in [5.74, 6) is 0. The summed E-state index contributed by atoms with van der Waals surface area (Å²) in [6.07, 6.45) is 26.3. The Hall–Kier alpha value is -1.16. The maximum Gasteiger partial charge on any atom is 0.407 e. The molecule has 1 N–H and O–H groups in total. The largest absolute Gasteiger partial charge is 0.445 e. The molecule has 0 bridgehead atoms. The Balaban J connectivity index is 3.30. The highest BCUT2D eigenvalue weighted by atomic mass is 32.2. The van der Waals surface area contributed by atoms with Crippen LogP contribution in [0, 0.1) is 0 Å². The van der Waals surface area contributed by atoms with E-state index in [4.69, 9.17) is 18.7 Å². The van der Waals surface area contributed by atoms with Gasteiger partial charge in [-0.2, -0.15) is 8.42 Å². The summed E-state index contributed by atoms with van der Waals surface area (Å²) >= 11 is 0. The van der Waals surface area contributed by atoms with Gasteiger partial charge < -0.3 is 10.1 Å². The Kier molecular flexibility index (Phi) is 28.5. The van der Waals surface area contributed by atoms with Gasteiger partial charge in [0.25, 0.3) is 10.1 Å². The third-order valence-corrected chi connectivity index (χ3v) is 7.32. The van der Waals surface area contributed by atoms with Crippen LogP contribution in [0.15, 0.2) is 12.2 Å². The summed E-state index contributed by atoms with van der Waals surface area (Å²) < 4.78 is 31.6. The highest BCUT2D eigenvalue weighted by molar-refractivity contribution is 7.85. The minimum Gasteiger partial charge on any atom is -0.445 e. The normalized spacial score (nSPS) is 11.6. The Labute approximate surface area is 246 Å². The molecule has 0 aromatic rings. The lowest BCUT2D eigenvalue weighted by Gasteiger charge is -2.09. The van der Waals surface area contributed by atoms with Crippen LogP contribution >= 0.6 is 0 Å². The molecule has 8 nitrogen and oxygen atoms in total. The van der Waals surface area contributed by atoms with Gasteiger partial charge in [-0.15, -0.1) is 0 Å². The smallest absolute Gasteiger partial charge is 0.407 e. The second-order valence-corrected chi connectivity index (χ2v) is 12.6. The number of unbranched alkanes of at least 4 members (excludes halogenated alkanes) is 19. The van der Waals surface area contributed by atoms with Crippen molar-refractivity contribution in [3.8, 4) is 0 Å². The van der Waals surface area contributed by atoms with E-state index in [2.05, 4.69) is 18.8 Å². The fraction of sp³-hybridized carbons (Fsp3) is 0.903. The van der Waals surface area contributed by atoms with Gasteiger partial charge in [0.2, 0.25) is 0 Å². The number of rotatable bonds is 31. The van der Waals surface area contributed by atoms with Gasteiger partial charge in [0.05, 0.1) is 19.5 Å². The van der Waals surface area contributed by atoms with E-state index in [1.165, 1.54) is 89.9 Å². The zero-order chi connectivity index (χ0) is 29.6. The maximum atomic E-state index is 11.8. The molecule has 0 unspecified atom stereocenters. The first-order valence-electron chi connectivity index (χ1n) is 16.0. The molecule has 0 aliphatic rings. The van der Waals surface area contributed by atoms with Crippen molar-refractivity contribution in [1.29, 1.82) is 0 Å². The van der Waals surface area contributed by atoms with E-state index >= 15 is 0 Å². The number of ether oxygens (including phenoxy) is 1. The SMILES string of the molecule is C=C(COOCCCCCCCOS(C)(=O)=O)COC(=O)NCCCCCCCCCCCCCCCCCC. The molecule has 0 radical (unpaired) electrons. The van der Waals surface area contributed by atoms with Gasteiger partial charge in [-0.25, -0.2) is 14.6 Å². The molecule has 0 aromatic carbocycles. The molecule has 0 rings (SSSR count). The van der Waals surface area contributed by atoms with Gasteiger partial charge in [0, 0.05) is 6.54 Å². The lowest BCUT2D eigenvalue weighted by Crippen LogP contribution is -2.26. The number of hydrogen-bond acceptors (Lipinski definition) is 7. The molecule has 40 heavy (non-hydrogen) atoms. The first kappa shape index (κ1) is 38.8. The van der Waals surface area contributed by atoms with Crippen LogP contribution in [0.1, 0.15) is 142 Å². The molecule has 0 heterocycles. The Morgan fingerprint density at radius 2 is 1.07 bits per heavy atom. The van der Waals surface area contributed by atoms with Gasteiger partial charge in [-0.1, -0.05) is 129 Å². The van der Waals surface area contributed by atoms with E-state index in [0.717, 1.165) is 51.2 Å². The van der Waals surface area contributed by atoms with Crippen LogP contribution in [0.2, 0.25) is 0 Å². The zero-order valence-corrected chi connectivity index (χ0v) is 26.7. The van der Waals surface area contributed by atoms with E-state index in [0.29, 0.717) is 18.7 Å². The Morgan fingerprint density at radius 3 is 1.57 bits per heavy atom. The molecule has 0 saturated carbocycles. The standard InChI is InChI=1S/C31H61NO7S/c1-4-5-6-7-8-9-10-11-12-13-14-15-16-17-19-22-25-32-31(33)36-28-30(2)29-38-37-26-23-20-18-21-24-27-39-40(3,34)35/h2,4-29H2,1,3H3,(H,32,33). The molecule has 0 spiro atoms. The van der Waals surface area contributed by atoms with Crippen molar-refractivity contribution in [3.05, 3.63) is 12.2 Å². The lowest BCUT2D eigenvalue weighted by atomic mass is 10.0. The van der Waals surface area contributed by atoms with Gasteiger partial charge in [-0.3, -0.25) is 4.18 Å². The predicted molar refractivity (Wildman–Crippen MR) is 164 cm³/mol. The molecule has 238 valence electrons. The number of alkyl carbamates (subject to hydrolysis) is 1. The summed E-state index contributed by atoms with van der Waals surface area (Å²) in [4.78, 5) is 22.1. The van der Waals surface area contributed by atoms with E-state index < -0.39 is 16.2 Å². The van der Waals surface area contributed by atoms with E-state index in [1.807, 2.05) is 0 Å². The van der Waals surface area contributed by atoms with Crippen molar-refractivity contribution < 1.29 is 31.9 Å². The molecule has 0 aliphatic carbocycles. The van der Waals surface area contributed by atoms with Crippen LogP contribution in [-0.2, 0) is 28.8 Å². The van der Waals surface area contributed by atoms with Crippen molar-refractivity contribution in [1.82, 2.24) is 5.32 Å². The van der Waals surface area contributed by atoms with Crippen LogP contribution in [0.25, 0.3) is 0 Å². The van der Waals surface area contributed by atoms with Crippen molar-refractivity contribution in [2.45, 2.75) is 142 Å². The van der Waals surface area contributed by atoms with Crippen LogP contribution in [0.5, 0.6) is 0 Å². The summed E-state index contributed by atoms with van der Waals surface area (Å²) in [5.41, 5.74) is 0.628. The molecule has 0 aliphatic heterocycles. The molecule has 0 aromatic heterocycles. The molecule has 0 fully saturated rings. The fourth-order valence-electron chi connectivity index (χ4n) is 4.31. The highest BCUT2D eigenvalue weighted by Crippen LogP contribution is 2.13. The second-order valence-electron chi connectivity index (χ2n) is 10.9. The first-order valence-corrected chi connectivity index (χ1v) is 17.8. The minimum atomic E-state index is -3.34. The number of hydrogen-bond donors (Lipinski definition) is 1. The molecular weight excluding hydrogens is 530 g/mol. The number of nitrogens with one attached hydrogen (secondary N) is 1. The minimum absolute atomic E-state index is 0.101. The van der Waals surface area contributed by atoms with E-state index in [-0.39, 0.29) is 19.8 Å². The molecular formula is C31H61NO7S. The van der Waals surface area contributed by atoms with Crippen molar-refractivity contribution in [3.63, 3.8) is 0 Å². The third-order valence-electron chi connectivity index (χ3n) is 6.72. The average molecular weight is 592 g/mol. The van der Waals surface area contributed by atoms with Gasteiger partial charge >= 0.3 is 6.09 Å². The second kappa shape index (κ2) is 29.3. The van der Waals surface area contributed by atoms with E-state index in [9.17, 15) is 13.2 Å². The average Bonchev–Trinajstić information content (AvgIpc) is 2.91. The summed E-state index contributed by atoms with van der Waals surface area (Å²) in [6, 6.07) is 0. The van der Waals surface area contributed by atoms with Crippen LogP contribution in [0.4, 0.5) is 4.79 Å².